The molecule has 0 bridgehead atoms. The van der Waals surface area contributed by atoms with Crippen LogP contribution in [0.3, 0.4) is 0 Å². The molecule has 0 saturated heterocycles. The van der Waals surface area contributed by atoms with Crippen LogP contribution in [0.5, 0.6) is 0 Å². The SMILES string of the molecule is CCCCCCCCCC/C=C\CCCCCCCCCCCC(=O)NC(CO)C(O)CCCCCCCCCCCCCC. The minimum atomic E-state index is -0.655. The van der Waals surface area contributed by atoms with E-state index in [0.717, 1.165) is 25.7 Å². The average molecular weight is 636 g/mol. The van der Waals surface area contributed by atoms with Crippen molar-refractivity contribution in [3.8, 4) is 0 Å². The topological polar surface area (TPSA) is 69.6 Å². The van der Waals surface area contributed by atoms with Crippen molar-refractivity contribution >= 4 is 5.91 Å². The van der Waals surface area contributed by atoms with Gasteiger partial charge in [-0.15, -0.1) is 0 Å². The summed E-state index contributed by atoms with van der Waals surface area (Å²) in [5.41, 5.74) is 0. The fourth-order valence-corrected chi connectivity index (χ4v) is 6.36. The fourth-order valence-electron chi connectivity index (χ4n) is 6.36. The summed E-state index contributed by atoms with van der Waals surface area (Å²) in [6.45, 7) is 4.36. The van der Waals surface area contributed by atoms with Crippen LogP contribution in [-0.2, 0) is 4.79 Å². The van der Waals surface area contributed by atoms with E-state index in [2.05, 4.69) is 31.3 Å². The number of amides is 1. The van der Waals surface area contributed by atoms with Crippen molar-refractivity contribution in [3.63, 3.8) is 0 Å². The average Bonchev–Trinajstić information content (AvgIpc) is 3.04. The zero-order valence-corrected chi connectivity index (χ0v) is 30.7. The maximum Gasteiger partial charge on any atom is 0.220 e. The second-order valence-corrected chi connectivity index (χ2v) is 14.1. The second kappa shape index (κ2) is 37.6. The monoisotopic (exact) mass is 636 g/mol. The summed E-state index contributed by atoms with van der Waals surface area (Å²) < 4.78 is 0. The smallest absolute Gasteiger partial charge is 0.220 e. The van der Waals surface area contributed by atoms with Crippen molar-refractivity contribution in [3.05, 3.63) is 12.2 Å². The first-order valence-electron chi connectivity index (χ1n) is 20.4. The predicted octanol–water partition coefficient (Wildman–Crippen LogP) is 12.3. The van der Waals surface area contributed by atoms with Crippen molar-refractivity contribution in [2.45, 2.75) is 238 Å². The molecule has 2 unspecified atom stereocenters. The van der Waals surface area contributed by atoms with Gasteiger partial charge in [0.2, 0.25) is 5.91 Å². The molecule has 0 heterocycles. The first-order valence-corrected chi connectivity index (χ1v) is 20.4. The number of aliphatic hydroxyl groups excluding tert-OH is 2. The van der Waals surface area contributed by atoms with Crippen molar-refractivity contribution in [1.82, 2.24) is 5.32 Å². The number of aliphatic hydroxyl groups is 2. The Morgan fingerprint density at radius 3 is 1.22 bits per heavy atom. The van der Waals surface area contributed by atoms with E-state index in [4.69, 9.17) is 0 Å². The van der Waals surface area contributed by atoms with Gasteiger partial charge in [-0.05, 0) is 38.5 Å². The lowest BCUT2D eigenvalue weighted by atomic mass is 10.0. The van der Waals surface area contributed by atoms with Crippen LogP contribution < -0.4 is 5.32 Å². The van der Waals surface area contributed by atoms with Gasteiger partial charge >= 0.3 is 0 Å². The molecule has 0 saturated carbocycles. The molecule has 4 heteroatoms. The molecular formula is C41H81NO3. The van der Waals surface area contributed by atoms with E-state index < -0.39 is 12.1 Å². The van der Waals surface area contributed by atoms with E-state index in [0.29, 0.717) is 12.8 Å². The molecule has 4 nitrogen and oxygen atoms in total. The molecular weight excluding hydrogens is 554 g/mol. The molecule has 0 rings (SSSR count). The van der Waals surface area contributed by atoms with E-state index in [1.165, 1.54) is 173 Å². The van der Waals surface area contributed by atoms with Gasteiger partial charge in [-0.25, -0.2) is 0 Å². The molecule has 3 N–H and O–H groups in total. The van der Waals surface area contributed by atoms with E-state index in [1.54, 1.807) is 0 Å². The van der Waals surface area contributed by atoms with Crippen LogP contribution in [-0.4, -0.2) is 34.9 Å². The summed E-state index contributed by atoms with van der Waals surface area (Å²) in [6.07, 6.45) is 45.6. The number of rotatable bonds is 37. The second-order valence-electron chi connectivity index (χ2n) is 14.1. The highest BCUT2D eigenvalue weighted by Crippen LogP contribution is 2.15. The van der Waals surface area contributed by atoms with Gasteiger partial charge in [-0.2, -0.15) is 0 Å². The molecule has 0 spiro atoms. The number of nitrogens with one attached hydrogen (secondary N) is 1. The minimum Gasteiger partial charge on any atom is -0.394 e. The van der Waals surface area contributed by atoms with Crippen LogP contribution in [0, 0.1) is 0 Å². The molecule has 0 aliphatic heterocycles. The Bertz CT molecular complexity index is 608. The van der Waals surface area contributed by atoms with Gasteiger partial charge in [0.05, 0.1) is 18.8 Å². The molecule has 0 aromatic heterocycles. The number of hydrogen-bond donors (Lipinski definition) is 3. The van der Waals surface area contributed by atoms with Gasteiger partial charge in [-0.1, -0.05) is 193 Å². The Morgan fingerprint density at radius 1 is 0.511 bits per heavy atom. The summed E-state index contributed by atoms with van der Waals surface area (Å²) >= 11 is 0. The molecule has 0 aromatic rings. The zero-order chi connectivity index (χ0) is 32.9. The summed E-state index contributed by atoms with van der Waals surface area (Å²) in [5.74, 6) is -0.0327. The molecule has 268 valence electrons. The molecule has 2 atom stereocenters. The van der Waals surface area contributed by atoms with Crippen LogP contribution in [0.25, 0.3) is 0 Å². The molecule has 0 aromatic carbocycles. The maximum atomic E-state index is 12.4. The van der Waals surface area contributed by atoms with Gasteiger partial charge in [0.15, 0.2) is 0 Å². The van der Waals surface area contributed by atoms with E-state index in [1.807, 2.05) is 0 Å². The fraction of sp³-hybridized carbons (Fsp3) is 0.927. The Morgan fingerprint density at radius 2 is 0.844 bits per heavy atom. The van der Waals surface area contributed by atoms with Crippen LogP contribution in [0.15, 0.2) is 12.2 Å². The van der Waals surface area contributed by atoms with Gasteiger partial charge in [0.25, 0.3) is 0 Å². The number of allylic oxidation sites excluding steroid dienone is 2. The van der Waals surface area contributed by atoms with Gasteiger partial charge < -0.3 is 15.5 Å². The lowest BCUT2D eigenvalue weighted by Crippen LogP contribution is -2.45. The van der Waals surface area contributed by atoms with E-state index in [9.17, 15) is 15.0 Å². The highest BCUT2D eigenvalue weighted by Gasteiger charge is 2.19. The third-order valence-corrected chi connectivity index (χ3v) is 9.53. The quantitative estimate of drug-likeness (QED) is 0.0470. The molecule has 0 radical (unpaired) electrons. The summed E-state index contributed by atoms with van der Waals surface area (Å²) in [5, 5.41) is 23.1. The Balaban J connectivity index is 3.50. The summed E-state index contributed by atoms with van der Waals surface area (Å²) in [6, 6.07) is -0.532. The number of hydrogen-bond acceptors (Lipinski definition) is 3. The van der Waals surface area contributed by atoms with Crippen molar-refractivity contribution in [1.29, 1.82) is 0 Å². The third-order valence-electron chi connectivity index (χ3n) is 9.53. The van der Waals surface area contributed by atoms with E-state index in [-0.39, 0.29) is 12.5 Å². The van der Waals surface area contributed by atoms with Gasteiger partial charge in [-0.3, -0.25) is 4.79 Å². The molecule has 45 heavy (non-hydrogen) atoms. The first kappa shape index (κ1) is 44.1. The summed E-state index contributed by atoms with van der Waals surface area (Å²) in [4.78, 5) is 12.4. The predicted molar refractivity (Wildman–Crippen MR) is 198 cm³/mol. The largest absolute Gasteiger partial charge is 0.394 e. The number of unbranched alkanes of at least 4 members (excludes halogenated alkanes) is 28. The maximum absolute atomic E-state index is 12.4. The Kier molecular flexibility index (Phi) is 36.9. The summed E-state index contributed by atoms with van der Waals surface area (Å²) in [7, 11) is 0. The minimum absolute atomic E-state index is 0.0327. The molecule has 1 amide bonds. The third kappa shape index (κ3) is 34.3. The molecule has 0 aliphatic carbocycles. The molecule has 0 aliphatic rings. The Hall–Kier alpha value is -0.870. The van der Waals surface area contributed by atoms with Crippen LogP contribution in [0.1, 0.15) is 226 Å². The molecule has 0 fully saturated rings. The van der Waals surface area contributed by atoms with Gasteiger partial charge in [0.1, 0.15) is 0 Å². The van der Waals surface area contributed by atoms with Crippen LogP contribution >= 0.6 is 0 Å². The first-order chi connectivity index (χ1) is 22.2. The standard InChI is InChI=1S/C41H81NO3/c1-3-5-7-9-11-13-15-17-18-19-20-21-22-23-24-25-27-29-31-33-35-37-41(45)42-39(38-43)40(44)36-34-32-30-28-26-16-14-12-10-8-6-4-2/h19-20,39-40,43-44H,3-18,21-38H2,1-2H3,(H,42,45)/b20-19-. The highest BCUT2D eigenvalue weighted by molar-refractivity contribution is 5.76. The lowest BCUT2D eigenvalue weighted by Gasteiger charge is -2.22. The van der Waals surface area contributed by atoms with Crippen LogP contribution in [0.4, 0.5) is 0 Å². The number of carbonyl (C=O) groups excluding carboxylic acids is 1. The van der Waals surface area contributed by atoms with E-state index >= 15 is 0 Å². The Labute approximate surface area is 282 Å². The van der Waals surface area contributed by atoms with Crippen LogP contribution in [0.2, 0.25) is 0 Å². The zero-order valence-electron chi connectivity index (χ0n) is 30.7. The van der Waals surface area contributed by atoms with Crippen molar-refractivity contribution in [2.24, 2.45) is 0 Å². The normalized spacial score (nSPS) is 13.1. The number of carbonyl (C=O) groups is 1. The van der Waals surface area contributed by atoms with Crippen molar-refractivity contribution in [2.75, 3.05) is 6.61 Å². The highest BCUT2D eigenvalue weighted by atomic mass is 16.3. The lowest BCUT2D eigenvalue weighted by molar-refractivity contribution is -0.123. The van der Waals surface area contributed by atoms with Crippen molar-refractivity contribution < 1.29 is 15.0 Å². The van der Waals surface area contributed by atoms with Gasteiger partial charge in [0, 0.05) is 6.42 Å².